The molecule has 0 aliphatic rings. The van der Waals surface area contributed by atoms with Gasteiger partial charge in [-0.05, 0) is 13.8 Å². The fourth-order valence-electron chi connectivity index (χ4n) is 0.616. The van der Waals surface area contributed by atoms with E-state index in [1.165, 1.54) is 7.11 Å². The Morgan fingerprint density at radius 3 is 2.50 bits per heavy atom. The van der Waals surface area contributed by atoms with Crippen molar-refractivity contribution in [3.8, 4) is 0 Å². The number of hydrogen-bond donors (Lipinski definition) is 1. The van der Waals surface area contributed by atoms with E-state index in [1.807, 2.05) is 0 Å². The molecule has 0 radical (unpaired) electrons. The normalized spacial score (nSPS) is 15.2. The average molecular weight is 166 g/mol. The maximum Gasteiger partial charge on any atom is 0.0648 e. The number of rotatable bonds is 4. The van der Waals surface area contributed by atoms with Crippen LogP contribution in [0, 0.1) is 0 Å². The summed E-state index contributed by atoms with van der Waals surface area (Å²) in [7, 11) is 1.52. The smallest absolute Gasteiger partial charge is 0.0648 e. The zero-order chi connectivity index (χ0) is 8.20. The Morgan fingerprint density at radius 1 is 1.70 bits per heavy atom. The molecule has 0 aliphatic heterocycles. The minimum absolute atomic E-state index is 0.362. The van der Waals surface area contributed by atoms with Crippen molar-refractivity contribution in [1.82, 2.24) is 4.72 Å². The predicted octanol–water partition coefficient (Wildman–Crippen LogP) is -0.205. The van der Waals surface area contributed by atoms with Crippen molar-refractivity contribution in [3.63, 3.8) is 0 Å². The molecule has 0 amide bonds. The Labute approximate surface area is 63.4 Å². The van der Waals surface area contributed by atoms with Crippen LogP contribution in [0.2, 0.25) is 0 Å². The molecule has 0 aromatic heterocycles. The Balaban J connectivity index is 3.74. The molecule has 62 valence electrons. The monoisotopic (exact) mass is 166 g/mol. The summed E-state index contributed by atoms with van der Waals surface area (Å²) in [5, 5.41) is 0. The van der Waals surface area contributed by atoms with E-state index < -0.39 is 16.8 Å². The van der Waals surface area contributed by atoms with Crippen LogP contribution in [-0.4, -0.2) is 28.0 Å². The summed E-state index contributed by atoms with van der Waals surface area (Å²) < 4.78 is 27.3. The second-order valence-corrected chi connectivity index (χ2v) is 3.33. The van der Waals surface area contributed by atoms with Gasteiger partial charge in [0, 0.05) is 23.9 Å². The Morgan fingerprint density at radius 2 is 2.20 bits per heavy atom. The van der Waals surface area contributed by atoms with Gasteiger partial charge in [-0.15, -0.1) is 0 Å². The summed E-state index contributed by atoms with van der Waals surface area (Å²) in [6.45, 7) is 3.85. The third kappa shape index (κ3) is 4.87. The van der Waals surface area contributed by atoms with Crippen LogP contribution in [-0.2, 0) is 16.0 Å². The molecule has 5 heteroatoms. The quantitative estimate of drug-likeness (QED) is 0.588. The lowest BCUT2D eigenvalue weighted by Gasteiger charge is -2.25. The van der Waals surface area contributed by atoms with E-state index in [9.17, 15) is 8.76 Å². The SMILES string of the molecule is COCC(C)(C)NS(=O)[O-]. The van der Waals surface area contributed by atoms with E-state index in [0.29, 0.717) is 6.61 Å². The van der Waals surface area contributed by atoms with Crippen LogP contribution in [0.5, 0.6) is 0 Å². The van der Waals surface area contributed by atoms with E-state index in [1.54, 1.807) is 13.8 Å². The maximum atomic E-state index is 10.1. The molecule has 0 fully saturated rings. The van der Waals surface area contributed by atoms with Crippen molar-refractivity contribution >= 4 is 11.3 Å². The van der Waals surface area contributed by atoms with Gasteiger partial charge in [-0.3, -0.25) is 4.21 Å². The average Bonchev–Trinajstić information content (AvgIpc) is 1.59. The summed E-state index contributed by atoms with van der Waals surface area (Å²) in [4.78, 5) is 0. The highest BCUT2D eigenvalue weighted by Crippen LogP contribution is 2.01. The first-order valence-electron chi connectivity index (χ1n) is 2.84. The molecule has 1 atom stereocenters. The molecule has 0 aromatic rings. The molecule has 10 heavy (non-hydrogen) atoms. The van der Waals surface area contributed by atoms with E-state index in [0.717, 1.165) is 0 Å². The van der Waals surface area contributed by atoms with Gasteiger partial charge in [0.1, 0.15) is 0 Å². The highest BCUT2D eigenvalue weighted by atomic mass is 32.2. The van der Waals surface area contributed by atoms with Crippen molar-refractivity contribution in [2.45, 2.75) is 19.4 Å². The van der Waals surface area contributed by atoms with Crippen molar-refractivity contribution in [3.05, 3.63) is 0 Å². The first kappa shape index (κ1) is 10.0. The van der Waals surface area contributed by atoms with Gasteiger partial charge >= 0.3 is 0 Å². The van der Waals surface area contributed by atoms with E-state index in [4.69, 9.17) is 4.74 Å². The molecule has 0 rings (SSSR count). The van der Waals surface area contributed by atoms with E-state index in [-0.39, 0.29) is 0 Å². The Hall–Kier alpha value is 0.0300. The molecule has 0 bridgehead atoms. The summed E-state index contributed by atoms with van der Waals surface area (Å²) >= 11 is -2.22. The van der Waals surface area contributed by atoms with Crippen molar-refractivity contribution < 1.29 is 13.5 Å². The molecule has 1 unspecified atom stereocenters. The molecular formula is C5H12NO3S-. The van der Waals surface area contributed by atoms with Gasteiger partial charge in [-0.2, -0.15) is 0 Å². The van der Waals surface area contributed by atoms with Crippen LogP contribution in [0.4, 0.5) is 0 Å². The summed E-state index contributed by atoms with van der Waals surface area (Å²) in [6, 6.07) is 0. The van der Waals surface area contributed by atoms with Crippen molar-refractivity contribution in [1.29, 1.82) is 0 Å². The minimum Gasteiger partial charge on any atom is -0.760 e. The van der Waals surface area contributed by atoms with Crippen LogP contribution >= 0.6 is 0 Å². The Kier molecular flexibility index (Phi) is 4.04. The molecule has 1 N–H and O–H groups in total. The van der Waals surface area contributed by atoms with Crippen LogP contribution in [0.1, 0.15) is 13.8 Å². The van der Waals surface area contributed by atoms with Gasteiger partial charge in [-0.25, -0.2) is 4.72 Å². The highest BCUT2D eigenvalue weighted by molar-refractivity contribution is 7.77. The predicted molar refractivity (Wildman–Crippen MR) is 38.0 cm³/mol. The second-order valence-electron chi connectivity index (χ2n) is 2.65. The number of methoxy groups -OCH3 is 1. The molecule has 4 nitrogen and oxygen atoms in total. The summed E-state index contributed by atoms with van der Waals surface area (Å²) in [5.74, 6) is 0. The zero-order valence-electron chi connectivity index (χ0n) is 6.34. The van der Waals surface area contributed by atoms with E-state index in [2.05, 4.69) is 4.72 Å². The Bertz CT molecular complexity index is 126. The molecular weight excluding hydrogens is 154 g/mol. The molecule has 0 saturated heterocycles. The minimum atomic E-state index is -2.22. The number of hydrogen-bond acceptors (Lipinski definition) is 3. The second kappa shape index (κ2) is 4.02. The number of nitrogens with one attached hydrogen (secondary N) is 1. The van der Waals surface area contributed by atoms with Gasteiger partial charge in [0.25, 0.3) is 0 Å². The van der Waals surface area contributed by atoms with Crippen molar-refractivity contribution in [2.75, 3.05) is 13.7 Å². The largest absolute Gasteiger partial charge is 0.760 e. The molecule has 0 aliphatic carbocycles. The topological polar surface area (TPSA) is 61.4 Å². The lowest BCUT2D eigenvalue weighted by molar-refractivity contribution is 0.141. The third-order valence-electron chi connectivity index (χ3n) is 0.865. The molecule has 0 aromatic carbocycles. The zero-order valence-corrected chi connectivity index (χ0v) is 7.16. The fourth-order valence-corrected chi connectivity index (χ4v) is 1.13. The summed E-state index contributed by atoms with van der Waals surface area (Å²) in [5.41, 5.74) is -0.513. The lowest BCUT2D eigenvalue weighted by Crippen LogP contribution is -2.44. The fraction of sp³-hybridized carbons (Fsp3) is 1.00. The first-order valence-corrected chi connectivity index (χ1v) is 3.91. The standard InChI is InChI=1S/C5H13NO3S/c1-5(2,4-9-3)6-10(7)8/h6H,4H2,1-3H3,(H,7,8)/p-1. The third-order valence-corrected chi connectivity index (χ3v) is 1.58. The molecule has 0 heterocycles. The van der Waals surface area contributed by atoms with Crippen LogP contribution in [0.15, 0.2) is 0 Å². The maximum absolute atomic E-state index is 10.1. The van der Waals surface area contributed by atoms with Gasteiger partial charge in [0.05, 0.1) is 6.61 Å². The van der Waals surface area contributed by atoms with Gasteiger partial charge in [-0.1, -0.05) is 0 Å². The number of ether oxygens (including phenoxy) is 1. The van der Waals surface area contributed by atoms with Crippen molar-refractivity contribution in [2.24, 2.45) is 0 Å². The molecule has 0 saturated carbocycles. The summed E-state index contributed by atoms with van der Waals surface area (Å²) in [6.07, 6.45) is 0. The van der Waals surface area contributed by atoms with Gasteiger partial charge in [0.2, 0.25) is 0 Å². The molecule has 0 spiro atoms. The first-order chi connectivity index (χ1) is 4.48. The van der Waals surface area contributed by atoms with Crippen LogP contribution < -0.4 is 4.72 Å². The lowest BCUT2D eigenvalue weighted by atomic mass is 10.1. The van der Waals surface area contributed by atoms with Crippen LogP contribution in [0.25, 0.3) is 0 Å². The van der Waals surface area contributed by atoms with Gasteiger partial charge in [0.15, 0.2) is 0 Å². The highest BCUT2D eigenvalue weighted by Gasteiger charge is 2.15. The van der Waals surface area contributed by atoms with Crippen LogP contribution in [0.3, 0.4) is 0 Å². The van der Waals surface area contributed by atoms with E-state index >= 15 is 0 Å². The van der Waals surface area contributed by atoms with Gasteiger partial charge < -0.3 is 9.29 Å².